The average Bonchev–Trinajstić information content (AvgIpc) is 2.67. The number of pyridine rings is 1. The molecule has 2 aliphatic rings. The maximum atomic E-state index is 5.45. The van der Waals surface area contributed by atoms with E-state index in [1.807, 2.05) is 18.3 Å². The molecule has 3 heterocycles. The Balaban J connectivity index is 1.65. The third-order valence-electron chi connectivity index (χ3n) is 5.75. The normalized spacial score (nSPS) is 18.4. The summed E-state index contributed by atoms with van der Waals surface area (Å²) >= 11 is 0. The molecule has 1 fully saturated rings. The number of aromatic nitrogens is 1. The van der Waals surface area contributed by atoms with Gasteiger partial charge in [0.25, 0.3) is 0 Å². The van der Waals surface area contributed by atoms with Crippen molar-refractivity contribution in [2.45, 2.75) is 19.3 Å². The number of likely N-dealkylation sites (tertiary alicyclic amines) is 1. The zero-order valence-corrected chi connectivity index (χ0v) is 15.7. The molecule has 0 radical (unpaired) electrons. The lowest BCUT2D eigenvalue weighted by Gasteiger charge is -2.34. The highest BCUT2D eigenvalue weighted by atomic mass is 16.5. The second kappa shape index (κ2) is 7.12. The van der Waals surface area contributed by atoms with Gasteiger partial charge in [0.2, 0.25) is 0 Å². The molecule has 0 bridgehead atoms. The van der Waals surface area contributed by atoms with E-state index in [0.29, 0.717) is 0 Å². The van der Waals surface area contributed by atoms with Gasteiger partial charge in [-0.2, -0.15) is 0 Å². The van der Waals surface area contributed by atoms with Crippen molar-refractivity contribution in [2.24, 2.45) is 5.92 Å². The standard InChI is InChI=1S/C22H27N3O/c1-16-4-5-18-15-23-21-7-6-19(26-3)14-20(21)22(18)25(16)13-10-17-8-11-24(2)12-9-17/h4-7,14-15,17H,1,8-13H2,2-3H3. The molecule has 0 saturated carbocycles. The first-order valence-corrected chi connectivity index (χ1v) is 9.45. The van der Waals surface area contributed by atoms with Crippen LogP contribution >= 0.6 is 0 Å². The Morgan fingerprint density at radius 2 is 2.04 bits per heavy atom. The lowest BCUT2D eigenvalue weighted by atomic mass is 9.93. The fourth-order valence-electron chi connectivity index (χ4n) is 4.06. The number of ether oxygens (including phenoxy) is 1. The summed E-state index contributed by atoms with van der Waals surface area (Å²) in [5.74, 6) is 1.67. The molecule has 0 N–H and O–H groups in total. The second-order valence-electron chi connectivity index (χ2n) is 7.46. The van der Waals surface area contributed by atoms with Gasteiger partial charge in [-0.15, -0.1) is 0 Å². The quantitative estimate of drug-likeness (QED) is 0.822. The van der Waals surface area contributed by atoms with Gasteiger partial charge in [-0.25, -0.2) is 0 Å². The smallest absolute Gasteiger partial charge is 0.119 e. The van der Waals surface area contributed by atoms with Crippen LogP contribution in [0, 0.1) is 5.92 Å². The molecular formula is C22H27N3O. The SMILES string of the molecule is C=C1C=Cc2cnc3ccc(OC)cc3c2N1CCC1CCN(C)CC1. The fourth-order valence-corrected chi connectivity index (χ4v) is 4.06. The third-order valence-corrected chi connectivity index (χ3v) is 5.75. The molecule has 0 atom stereocenters. The average molecular weight is 349 g/mol. The van der Waals surface area contributed by atoms with Crippen LogP contribution in [0.1, 0.15) is 24.8 Å². The number of methoxy groups -OCH3 is 1. The third kappa shape index (κ3) is 3.21. The van der Waals surface area contributed by atoms with E-state index in [-0.39, 0.29) is 0 Å². The van der Waals surface area contributed by atoms with Gasteiger partial charge in [-0.1, -0.05) is 6.58 Å². The number of piperidine rings is 1. The molecule has 0 spiro atoms. The molecule has 4 nitrogen and oxygen atoms in total. The van der Waals surface area contributed by atoms with Crippen molar-refractivity contribution in [1.82, 2.24) is 9.88 Å². The number of fused-ring (bicyclic) bond motifs is 3. The number of hydrogen-bond donors (Lipinski definition) is 0. The number of rotatable bonds is 4. The molecule has 4 rings (SSSR count). The lowest BCUT2D eigenvalue weighted by molar-refractivity contribution is 0.214. The van der Waals surface area contributed by atoms with Crippen LogP contribution in [0.4, 0.5) is 5.69 Å². The van der Waals surface area contributed by atoms with E-state index < -0.39 is 0 Å². The Bertz CT molecular complexity index is 850. The number of nitrogens with zero attached hydrogens (tertiary/aromatic N) is 3. The molecule has 2 aliphatic heterocycles. The van der Waals surface area contributed by atoms with Crippen LogP contribution in [0.2, 0.25) is 0 Å². The van der Waals surface area contributed by atoms with Crippen LogP contribution < -0.4 is 9.64 Å². The first-order chi connectivity index (χ1) is 12.7. The van der Waals surface area contributed by atoms with Crippen LogP contribution in [-0.4, -0.2) is 43.7 Å². The first-order valence-electron chi connectivity index (χ1n) is 9.45. The maximum Gasteiger partial charge on any atom is 0.119 e. The van der Waals surface area contributed by atoms with Crippen LogP contribution in [0.5, 0.6) is 5.75 Å². The fraction of sp³-hybridized carbons (Fsp3) is 0.409. The molecule has 2 aromatic rings. The van der Waals surface area contributed by atoms with E-state index in [0.717, 1.165) is 40.4 Å². The molecule has 0 unspecified atom stereocenters. The van der Waals surface area contributed by atoms with Crippen molar-refractivity contribution in [2.75, 3.05) is 38.7 Å². The van der Waals surface area contributed by atoms with Gasteiger partial charge in [0.15, 0.2) is 0 Å². The van der Waals surface area contributed by atoms with Gasteiger partial charge >= 0.3 is 0 Å². The molecule has 4 heteroatoms. The van der Waals surface area contributed by atoms with E-state index in [2.05, 4.69) is 46.6 Å². The Kier molecular flexibility index (Phi) is 4.68. The number of allylic oxidation sites excluding steroid dienone is 1. The molecule has 1 aromatic carbocycles. The summed E-state index contributed by atoms with van der Waals surface area (Å²) in [5, 5.41) is 1.13. The monoisotopic (exact) mass is 349 g/mol. The number of benzene rings is 1. The van der Waals surface area contributed by atoms with E-state index in [1.165, 1.54) is 38.0 Å². The summed E-state index contributed by atoms with van der Waals surface area (Å²) < 4.78 is 5.45. The van der Waals surface area contributed by atoms with Crippen molar-refractivity contribution in [3.05, 3.63) is 48.3 Å². The summed E-state index contributed by atoms with van der Waals surface area (Å²) in [6.07, 6.45) is 9.98. The molecule has 136 valence electrons. The Morgan fingerprint density at radius 3 is 2.81 bits per heavy atom. The minimum Gasteiger partial charge on any atom is -0.497 e. The highest BCUT2D eigenvalue weighted by Gasteiger charge is 2.23. The predicted octanol–water partition coefficient (Wildman–Crippen LogP) is 4.32. The molecule has 26 heavy (non-hydrogen) atoms. The second-order valence-corrected chi connectivity index (χ2v) is 7.46. The van der Waals surface area contributed by atoms with Gasteiger partial charge < -0.3 is 14.5 Å². The molecular weight excluding hydrogens is 322 g/mol. The number of anilines is 1. The van der Waals surface area contributed by atoms with Gasteiger partial charge in [-0.3, -0.25) is 4.98 Å². The van der Waals surface area contributed by atoms with Crippen molar-refractivity contribution in [3.63, 3.8) is 0 Å². The van der Waals surface area contributed by atoms with Crippen molar-refractivity contribution < 1.29 is 4.74 Å². The summed E-state index contributed by atoms with van der Waals surface area (Å²) in [6, 6.07) is 6.10. The van der Waals surface area contributed by atoms with Gasteiger partial charge in [0.1, 0.15) is 5.75 Å². The summed E-state index contributed by atoms with van der Waals surface area (Å²) in [7, 11) is 3.93. The highest BCUT2D eigenvalue weighted by molar-refractivity contribution is 5.99. The minimum atomic E-state index is 0.802. The summed E-state index contributed by atoms with van der Waals surface area (Å²) in [4.78, 5) is 9.42. The predicted molar refractivity (Wildman–Crippen MR) is 109 cm³/mol. The van der Waals surface area contributed by atoms with Crippen molar-refractivity contribution in [3.8, 4) is 5.75 Å². The van der Waals surface area contributed by atoms with Gasteiger partial charge in [0.05, 0.1) is 18.3 Å². The van der Waals surface area contributed by atoms with Crippen molar-refractivity contribution in [1.29, 1.82) is 0 Å². The Morgan fingerprint density at radius 1 is 1.23 bits per heavy atom. The molecule has 0 amide bonds. The van der Waals surface area contributed by atoms with Crippen LogP contribution in [0.25, 0.3) is 17.0 Å². The maximum absolute atomic E-state index is 5.45. The zero-order valence-electron chi connectivity index (χ0n) is 15.7. The van der Waals surface area contributed by atoms with Crippen LogP contribution in [-0.2, 0) is 0 Å². The van der Waals surface area contributed by atoms with Crippen LogP contribution in [0.3, 0.4) is 0 Å². The van der Waals surface area contributed by atoms with Gasteiger partial charge in [-0.05, 0) is 75.7 Å². The van der Waals surface area contributed by atoms with E-state index in [1.54, 1.807) is 7.11 Å². The minimum absolute atomic E-state index is 0.802. The van der Waals surface area contributed by atoms with E-state index in [4.69, 9.17) is 4.74 Å². The van der Waals surface area contributed by atoms with Crippen molar-refractivity contribution >= 4 is 22.7 Å². The Hall–Kier alpha value is -2.33. The topological polar surface area (TPSA) is 28.6 Å². The lowest BCUT2D eigenvalue weighted by Crippen LogP contribution is -2.33. The summed E-state index contributed by atoms with van der Waals surface area (Å²) in [6.45, 7) is 7.73. The molecule has 1 saturated heterocycles. The molecule has 0 aliphatic carbocycles. The largest absolute Gasteiger partial charge is 0.497 e. The van der Waals surface area contributed by atoms with Gasteiger partial charge in [0, 0.05) is 29.4 Å². The Labute approximate surface area is 155 Å². The first kappa shape index (κ1) is 17.1. The molecule has 1 aromatic heterocycles. The van der Waals surface area contributed by atoms with E-state index >= 15 is 0 Å². The van der Waals surface area contributed by atoms with E-state index in [9.17, 15) is 0 Å². The highest BCUT2D eigenvalue weighted by Crippen LogP contribution is 2.38. The van der Waals surface area contributed by atoms with Crippen LogP contribution in [0.15, 0.2) is 42.7 Å². The summed E-state index contributed by atoms with van der Waals surface area (Å²) in [5.41, 5.74) is 4.42. The zero-order chi connectivity index (χ0) is 18.1. The number of hydrogen-bond acceptors (Lipinski definition) is 4.